The third-order valence-corrected chi connectivity index (χ3v) is 8.68. The number of amides is 1. The molecule has 3 aromatic rings. The van der Waals surface area contributed by atoms with Gasteiger partial charge in [-0.3, -0.25) is 9.69 Å². The maximum atomic E-state index is 13.7. The number of rotatable bonds is 6. The minimum atomic E-state index is -4.15. The standard InChI is InChI=1S/C27H27NO4S2/c1-17(2)19-7-11-21(12-8-19)28-24(20-9-13-22(33-4)14-10-20)26(25(29)27(28)30)34(31,32)23-15-5-18(3)6-16-23/h5-17,24,29H,1-4H3/t24-/m1/s1. The maximum Gasteiger partial charge on any atom is 0.295 e. The van der Waals surface area contributed by atoms with Crippen LogP contribution in [0.25, 0.3) is 0 Å². The van der Waals surface area contributed by atoms with Gasteiger partial charge in [-0.2, -0.15) is 0 Å². The third kappa shape index (κ3) is 4.26. The predicted molar refractivity (Wildman–Crippen MR) is 137 cm³/mol. The molecule has 1 heterocycles. The minimum absolute atomic E-state index is 0.0372. The van der Waals surface area contributed by atoms with Crippen LogP contribution in [-0.2, 0) is 14.6 Å². The minimum Gasteiger partial charge on any atom is -0.502 e. The molecule has 34 heavy (non-hydrogen) atoms. The SMILES string of the molecule is CSc1ccc([C@@H]2C(S(=O)(=O)c3ccc(C)cc3)=C(O)C(=O)N2c2ccc(C(C)C)cc2)cc1. The van der Waals surface area contributed by atoms with Crippen LogP contribution in [0.15, 0.2) is 93.3 Å². The van der Waals surface area contributed by atoms with Gasteiger partial charge in [0.15, 0.2) is 5.76 Å². The van der Waals surface area contributed by atoms with E-state index in [-0.39, 0.29) is 9.80 Å². The van der Waals surface area contributed by atoms with Crippen LogP contribution in [0.4, 0.5) is 5.69 Å². The predicted octanol–water partition coefficient (Wildman–Crippen LogP) is 6.17. The van der Waals surface area contributed by atoms with Crippen LogP contribution in [0.3, 0.4) is 0 Å². The second kappa shape index (κ2) is 9.31. The number of benzene rings is 3. The van der Waals surface area contributed by atoms with Crippen molar-refractivity contribution < 1.29 is 18.3 Å². The topological polar surface area (TPSA) is 74.7 Å². The van der Waals surface area contributed by atoms with E-state index in [9.17, 15) is 18.3 Å². The number of thioether (sulfide) groups is 1. The number of aliphatic hydroxyl groups excluding tert-OH is 1. The number of hydrogen-bond donors (Lipinski definition) is 1. The first-order chi connectivity index (χ1) is 16.1. The number of aliphatic hydroxyl groups is 1. The highest BCUT2D eigenvalue weighted by molar-refractivity contribution is 7.98. The highest BCUT2D eigenvalue weighted by atomic mass is 32.2. The first-order valence-electron chi connectivity index (χ1n) is 11.0. The van der Waals surface area contributed by atoms with Gasteiger partial charge in [-0.1, -0.05) is 55.8 Å². The molecule has 0 saturated carbocycles. The molecule has 1 amide bonds. The van der Waals surface area contributed by atoms with E-state index in [2.05, 4.69) is 13.8 Å². The molecule has 176 valence electrons. The summed E-state index contributed by atoms with van der Waals surface area (Å²) in [6.45, 7) is 6.02. The number of anilines is 1. The zero-order valence-corrected chi connectivity index (χ0v) is 21.2. The van der Waals surface area contributed by atoms with Crippen molar-refractivity contribution in [3.05, 3.63) is 100 Å². The van der Waals surface area contributed by atoms with Gasteiger partial charge in [0.25, 0.3) is 5.91 Å². The zero-order valence-electron chi connectivity index (χ0n) is 19.5. The summed E-state index contributed by atoms with van der Waals surface area (Å²) < 4.78 is 27.5. The molecular weight excluding hydrogens is 466 g/mol. The lowest BCUT2D eigenvalue weighted by Crippen LogP contribution is -2.31. The summed E-state index contributed by atoms with van der Waals surface area (Å²) in [6, 6.07) is 20.2. The van der Waals surface area contributed by atoms with Gasteiger partial charge in [0.1, 0.15) is 10.9 Å². The van der Waals surface area contributed by atoms with E-state index in [1.165, 1.54) is 17.0 Å². The molecule has 1 N–H and O–H groups in total. The molecule has 0 fully saturated rings. The van der Waals surface area contributed by atoms with Gasteiger partial charge in [-0.05, 0) is 66.6 Å². The second-order valence-electron chi connectivity index (χ2n) is 8.63. The quantitative estimate of drug-likeness (QED) is 0.416. The van der Waals surface area contributed by atoms with E-state index in [0.29, 0.717) is 17.2 Å². The molecule has 0 spiro atoms. The van der Waals surface area contributed by atoms with Crippen LogP contribution < -0.4 is 4.90 Å². The molecule has 0 aromatic heterocycles. The summed E-state index contributed by atoms with van der Waals surface area (Å²) in [5.74, 6) is -1.17. The first kappa shape index (κ1) is 24.1. The summed E-state index contributed by atoms with van der Waals surface area (Å²) in [4.78, 5) is 15.4. The Balaban J connectivity index is 1.89. The summed E-state index contributed by atoms with van der Waals surface area (Å²) in [6.07, 6.45) is 1.95. The van der Waals surface area contributed by atoms with Crippen LogP contribution in [0, 0.1) is 6.92 Å². The Labute approximate surface area is 205 Å². The van der Waals surface area contributed by atoms with Crippen molar-refractivity contribution in [2.45, 2.75) is 42.5 Å². The van der Waals surface area contributed by atoms with E-state index in [1.807, 2.05) is 49.6 Å². The number of hydrogen-bond acceptors (Lipinski definition) is 5. The third-order valence-electron chi connectivity index (χ3n) is 6.05. The normalized spacial score (nSPS) is 16.6. The van der Waals surface area contributed by atoms with Crippen molar-refractivity contribution in [3.63, 3.8) is 0 Å². The highest BCUT2D eigenvalue weighted by Crippen LogP contribution is 2.45. The van der Waals surface area contributed by atoms with Crippen LogP contribution in [0.2, 0.25) is 0 Å². The average molecular weight is 494 g/mol. The van der Waals surface area contributed by atoms with Crippen molar-refractivity contribution in [1.82, 2.24) is 0 Å². The monoisotopic (exact) mass is 493 g/mol. The lowest BCUT2D eigenvalue weighted by molar-refractivity contribution is -0.117. The number of carbonyl (C=O) groups excluding carboxylic acids is 1. The molecular formula is C27H27NO4S2. The fraction of sp³-hybridized carbons (Fsp3) is 0.222. The van der Waals surface area contributed by atoms with Gasteiger partial charge in [-0.15, -0.1) is 11.8 Å². The van der Waals surface area contributed by atoms with Crippen molar-refractivity contribution in [3.8, 4) is 0 Å². The van der Waals surface area contributed by atoms with E-state index in [1.54, 1.807) is 36.0 Å². The Morgan fingerprint density at radius 2 is 1.50 bits per heavy atom. The van der Waals surface area contributed by atoms with E-state index in [0.717, 1.165) is 16.0 Å². The van der Waals surface area contributed by atoms with Crippen LogP contribution in [0.1, 0.15) is 42.5 Å². The molecule has 7 heteroatoms. The second-order valence-corrected chi connectivity index (χ2v) is 11.4. The summed E-state index contributed by atoms with van der Waals surface area (Å²) in [5, 5.41) is 10.9. The highest BCUT2D eigenvalue weighted by Gasteiger charge is 2.47. The van der Waals surface area contributed by atoms with E-state index in [4.69, 9.17) is 0 Å². The largest absolute Gasteiger partial charge is 0.502 e. The first-order valence-corrected chi connectivity index (χ1v) is 13.7. The molecule has 3 aromatic carbocycles. The maximum absolute atomic E-state index is 13.7. The number of sulfone groups is 1. The Morgan fingerprint density at radius 3 is 2.03 bits per heavy atom. The molecule has 5 nitrogen and oxygen atoms in total. The van der Waals surface area contributed by atoms with Gasteiger partial charge in [0.2, 0.25) is 9.84 Å². The van der Waals surface area contributed by atoms with Crippen LogP contribution in [0.5, 0.6) is 0 Å². The molecule has 0 unspecified atom stereocenters. The van der Waals surface area contributed by atoms with Gasteiger partial charge >= 0.3 is 0 Å². The lowest BCUT2D eigenvalue weighted by Gasteiger charge is -2.27. The molecule has 0 radical (unpaired) electrons. The molecule has 0 bridgehead atoms. The Bertz CT molecular complexity index is 1340. The van der Waals surface area contributed by atoms with Gasteiger partial charge in [-0.25, -0.2) is 8.42 Å². The summed E-state index contributed by atoms with van der Waals surface area (Å²) in [7, 11) is -4.15. The fourth-order valence-corrected chi connectivity index (χ4v) is 6.11. The van der Waals surface area contributed by atoms with Crippen molar-refractivity contribution in [2.75, 3.05) is 11.2 Å². The van der Waals surface area contributed by atoms with Crippen molar-refractivity contribution >= 4 is 33.2 Å². The average Bonchev–Trinajstić information content (AvgIpc) is 3.10. The van der Waals surface area contributed by atoms with Crippen molar-refractivity contribution in [2.24, 2.45) is 0 Å². The zero-order chi connectivity index (χ0) is 24.6. The molecule has 1 aliphatic rings. The van der Waals surface area contributed by atoms with E-state index < -0.39 is 27.5 Å². The molecule has 0 saturated heterocycles. The van der Waals surface area contributed by atoms with Gasteiger partial charge in [0, 0.05) is 10.6 Å². The van der Waals surface area contributed by atoms with Crippen LogP contribution >= 0.6 is 11.8 Å². The smallest absolute Gasteiger partial charge is 0.295 e. The van der Waals surface area contributed by atoms with E-state index >= 15 is 0 Å². The number of aryl methyl sites for hydroxylation is 1. The summed E-state index contributed by atoms with van der Waals surface area (Å²) >= 11 is 1.57. The van der Waals surface area contributed by atoms with Crippen molar-refractivity contribution in [1.29, 1.82) is 0 Å². The number of nitrogens with zero attached hydrogens (tertiary/aromatic N) is 1. The Hall–Kier alpha value is -3.03. The lowest BCUT2D eigenvalue weighted by atomic mass is 10.0. The van der Waals surface area contributed by atoms with Gasteiger partial charge < -0.3 is 5.11 Å². The fourth-order valence-electron chi connectivity index (χ4n) is 4.07. The van der Waals surface area contributed by atoms with Crippen LogP contribution in [-0.4, -0.2) is 25.7 Å². The summed E-state index contributed by atoms with van der Waals surface area (Å²) in [5.41, 5.74) is 3.14. The van der Waals surface area contributed by atoms with Gasteiger partial charge in [0.05, 0.1) is 4.90 Å². The molecule has 4 rings (SSSR count). The Kier molecular flexibility index (Phi) is 6.60. The molecule has 1 atom stereocenters. The Morgan fingerprint density at radius 1 is 0.912 bits per heavy atom. The molecule has 0 aliphatic carbocycles. The molecule has 1 aliphatic heterocycles. The number of carbonyl (C=O) groups is 1.